The van der Waals surface area contributed by atoms with E-state index in [4.69, 9.17) is 4.74 Å². The van der Waals surface area contributed by atoms with Crippen molar-refractivity contribution in [3.8, 4) is 0 Å². The minimum atomic E-state index is -3.54. The van der Waals surface area contributed by atoms with Crippen LogP contribution in [0, 0.1) is 0 Å². The number of aromatic nitrogens is 1. The minimum absolute atomic E-state index is 0.0879. The lowest BCUT2D eigenvalue weighted by molar-refractivity contribution is 0.0474. The topological polar surface area (TPSA) is 85.4 Å². The van der Waals surface area contributed by atoms with Crippen LogP contribution in [0.4, 0.5) is 0 Å². The number of fused-ring (bicyclic) bond motifs is 1. The smallest absolute Gasteiger partial charge is 0.338 e. The Kier molecular flexibility index (Phi) is 5.29. The van der Waals surface area contributed by atoms with Gasteiger partial charge in [-0.25, -0.2) is 17.9 Å². The quantitative estimate of drug-likeness (QED) is 0.675. The first-order valence-electron chi connectivity index (χ1n) is 8.11. The van der Waals surface area contributed by atoms with Gasteiger partial charge in [0.25, 0.3) is 0 Å². The van der Waals surface area contributed by atoms with Gasteiger partial charge in [0.15, 0.2) is 0 Å². The van der Waals surface area contributed by atoms with Gasteiger partial charge < -0.3 is 4.74 Å². The lowest BCUT2D eigenvalue weighted by Gasteiger charge is -2.08. The fraction of sp³-hybridized carbons (Fsp3) is 0.158. The van der Waals surface area contributed by atoms with E-state index in [1.165, 1.54) is 24.3 Å². The number of carbonyl (C=O) groups excluding carboxylic acids is 1. The highest BCUT2D eigenvalue weighted by Crippen LogP contribution is 2.18. The molecule has 0 fully saturated rings. The second kappa shape index (κ2) is 7.63. The average molecular weight is 370 g/mol. The van der Waals surface area contributed by atoms with E-state index in [0.29, 0.717) is 6.54 Å². The number of nitrogens with one attached hydrogen (secondary N) is 1. The van der Waals surface area contributed by atoms with Gasteiger partial charge in [0, 0.05) is 23.7 Å². The van der Waals surface area contributed by atoms with Crippen LogP contribution >= 0.6 is 0 Å². The first-order chi connectivity index (χ1) is 12.5. The van der Waals surface area contributed by atoms with Crippen LogP contribution in [0.1, 0.15) is 22.8 Å². The molecule has 0 aliphatic rings. The van der Waals surface area contributed by atoms with Gasteiger partial charge in [-0.05, 0) is 30.3 Å². The summed E-state index contributed by atoms with van der Waals surface area (Å²) < 4.78 is 31.6. The molecule has 6 nitrogen and oxygen atoms in total. The number of carbonyl (C=O) groups is 1. The molecular weight excluding hydrogens is 352 g/mol. The number of rotatable bonds is 6. The standard InChI is InChI=1S/C19H18N2O4S/c1-2-21-26(23,24)17-10-8-15(9-11-17)19(22)25-13-16-6-3-5-14-7-4-12-20-18(14)16/h3-12,21H,2,13H2,1H3. The Morgan fingerprint density at radius 3 is 2.54 bits per heavy atom. The van der Waals surface area contributed by atoms with E-state index in [-0.39, 0.29) is 17.1 Å². The molecule has 1 heterocycles. The van der Waals surface area contributed by atoms with Crippen molar-refractivity contribution in [2.45, 2.75) is 18.4 Å². The van der Waals surface area contributed by atoms with E-state index in [1.807, 2.05) is 30.3 Å². The first kappa shape index (κ1) is 18.0. The largest absolute Gasteiger partial charge is 0.457 e. The van der Waals surface area contributed by atoms with E-state index < -0.39 is 16.0 Å². The molecule has 0 amide bonds. The predicted octanol–water partition coefficient (Wildman–Crippen LogP) is 2.89. The zero-order valence-corrected chi connectivity index (χ0v) is 15.0. The summed E-state index contributed by atoms with van der Waals surface area (Å²) in [6.45, 7) is 2.08. The molecule has 1 N–H and O–H groups in total. The van der Waals surface area contributed by atoms with Crippen molar-refractivity contribution in [1.29, 1.82) is 0 Å². The van der Waals surface area contributed by atoms with Gasteiger partial charge >= 0.3 is 5.97 Å². The predicted molar refractivity (Wildman–Crippen MR) is 98.2 cm³/mol. The molecule has 0 aliphatic carbocycles. The van der Waals surface area contributed by atoms with Gasteiger partial charge in [-0.15, -0.1) is 0 Å². The molecule has 0 saturated heterocycles. The molecule has 0 radical (unpaired) electrons. The average Bonchev–Trinajstić information content (AvgIpc) is 2.66. The molecule has 26 heavy (non-hydrogen) atoms. The van der Waals surface area contributed by atoms with Crippen molar-refractivity contribution in [2.75, 3.05) is 6.54 Å². The van der Waals surface area contributed by atoms with Gasteiger partial charge in [-0.2, -0.15) is 0 Å². The molecule has 0 bridgehead atoms. The molecule has 2 aromatic carbocycles. The Hall–Kier alpha value is -2.77. The van der Waals surface area contributed by atoms with E-state index in [9.17, 15) is 13.2 Å². The highest BCUT2D eigenvalue weighted by atomic mass is 32.2. The summed E-state index contributed by atoms with van der Waals surface area (Å²) in [7, 11) is -3.54. The van der Waals surface area contributed by atoms with Crippen LogP contribution in [0.3, 0.4) is 0 Å². The molecule has 134 valence electrons. The number of pyridine rings is 1. The van der Waals surface area contributed by atoms with Crippen LogP contribution in [-0.4, -0.2) is 25.9 Å². The highest BCUT2D eigenvalue weighted by Gasteiger charge is 2.14. The number of benzene rings is 2. The summed E-state index contributed by atoms with van der Waals surface area (Å²) in [5.74, 6) is -0.523. The SMILES string of the molecule is CCNS(=O)(=O)c1ccc(C(=O)OCc2cccc3cccnc23)cc1. The van der Waals surface area contributed by atoms with Crippen molar-refractivity contribution in [1.82, 2.24) is 9.71 Å². The lowest BCUT2D eigenvalue weighted by atomic mass is 10.1. The zero-order valence-electron chi connectivity index (χ0n) is 14.2. The Labute approximate surface area is 151 Å². The third-order valence-corrected chi connectivity index (χ3v) is 5.37. The molecule has 3 rings (SSSR count). The molecule has 1 aromatic heterocycles. The number of sulfonamides is 1. The van der Waals surface area contributed by atoms with Crippen LogP contribution in [0.25, 0.3) is 10.9 Å². The maximum atomic E-state index is 12.2. The number of nitrogens with zero attached hydrogens (tertiary/aromatic N) is 1. The summed E-state index contributed by atoms with van der Waals surface area (Å²) in [6.07, 6.45) is 1.69. The monoisotopic (exact) mass is 370 g/mol. The van der Waals surface area contributed by atoms with E-state index in [0.717, 1.165) is 16.5 Å². The van der Waals surface area contributed by atoms with Gasteiger partial charge in [-0.1, -0.05) is 31.2 Å². The van der Waals surface area contributed by atoms with Crippen molar-refractivity contribution in [2.24, 2.45) is 0 Å². The molecule has 0 atom stereocenters. The van der Waals surface area contributed by atoms with Crippen LogP contribution in [0.5, 0.6) is 0 Å². The number of ether oxygens (including phenoxy) is 1. The first-order valence-corrected chi connectivity index (χ1v) is 9.59. The second-order valence-electron chi connectivity index (χ2n) is 5.59. The third-order valence-electron chi connectivity index (χ3n) is 3.81. The summed E-state index contributed by atoms with van der Waals surface area (Å²) in [5.41, 5.74) is 1.88. The second-order valence-corrected chi connectivity index (χ2v) is 7.36. The van der Waals surface area contributed by atoms with Crippen molar-refractivity contribution < 1.29 is 17.9 Å². The van der Waals surface area contributed by atoms with E-state index in [1.54, 1.807) is 13.1 Å². The molecule has 0 spiro atoms. The maximum Gasteiger partial charge on any atom is 0.338 e. The van der Waals surface area contributed by atoms with Crippen LogP contribution in [0.2, 0.25) is 0 Å². The van der Waals surface area contributed by atoms with E-state index >= 15 is 0 Å². The molecule has 0 saturated carbocycles. The normalized spacial score (nSPS) is 11.4. The molecule has 3 aromatic rings. The van der Waals surface area contributed by atoms with Crippen molar-refractivity contribution in [3.63, 3.8) is 0 Å². The minimum Gasteiger partial charge on any atom is -0.457 e. The summed E-state index contributed by atoms with van der Waals surface area (Å²) >= 11 is 0. The fourth-order valence-electron chi connectivity index (χ4n) is 2.55. The van der Waals surface area contributed by atoms with Gasteiger partial charge in [0.1, 0.15) is 6.61 Å². The summed E-state index contributed by atoms with van der Waals surface area (Å²) in [4.78, 5) is 16.7. The van der Waals surface area contributed by atoms with Gasteiger partial charge in [-0.3, -0.25) is 4.98 Å². The zero-order chi connectivity index (χ0) is 18.6. The Balaban J connectivity index is 1.72. The van der Waals surface area contributed by atoms with Gasteiger partial charge in [0.05, 0.1) is 16.0 Å². The molecule has 7 heteroatoms. The van der Waals surface area contributed by atoms with Gasteiger partial charge in [0.2, 0.25) is 10.0 Å². The number of esters is 1. The fourth-order valence-corrected chi connectivity index (χ4v) is 3.60. The summed E-state index contributed by atoms with van der Waals surface area (Å²) in [6, 6.07) is 15.1. The van der Waals surface area contributed by atoms with Crippen LogP contribution < -0.4 is 4.72 Å². The molecular formula is C19H18N2O4S. The summed E-state index contributed by atoms with van der Waals surface area (Å²) in [5, 5.41) is 0.971. The number of para-hydroxylation sites is 1. The molecule has 0 aliphatic heterocycles. The van der Waals surface area contributed by atoms with Crippen LogP contribution in [0.15, 0.2) is 65.7 Å². The van der Waals surface area contributed by atoms with Crippen molar-refractivity contribution >= 4 is 26.9 Å². The van der Waals surface area contributed by atoms with Crippen molar-refractivity contribution in [3.05, 3.63) is 71.9 Å². The van der Waals surface area contributed by atoms with E-state index in [2.05, 4.69) is 9.71 Å². The number of hydrogen-bond acceptors (Lipinski definition) is 5. The third kappa shape index (κ3) is 3.89. The lowest BCUT2D eigenvalue weighted by Crippen LogP contribution is -2.23. The Bertz CT molecular complexity index is 1030. The molecule has 0 unspecified atom stereocenters. The highest BCUT2D eigenvalue weighted by molar-refractivity contribution is 7.89. The maximum absolute atomic E-state index is 12.2. The Morgan fingerprint density at radius 1 is 1.08 bits per heavy atom. The number of hydrogen-bond donors (Lipinski definition) is 1. The Morgan fingerprint density at radius 2 is 1.81 bits per heavy atom. The van der Waals surface area contributed by atoms with Crippen LogP contribution in [-0.2, 0) is 21.4 Å².